The Morgan fingerprint density at radius 1 is 1.08 bits per heavy atom. The number of imidazole rings is 1. The summed E-state index contributed by atoms with van der Waals surface area (Å²) in [4.78, 5) is 4.92. The third-order valence-corrected chi connectivity index (χ3v) is 8.33. The molecule has 0 saturated carbocycles. The highest BCUT2D eigenvalue weighted by Crippen LogP contribution is 2.42. The fourth-order valence-electron chi connectivity index (χ4n) is 5.03. The van der Waals surface area contributed by atoms with Gasteiger partial charge in [-0.2, -0.15) is 5.26 Å². The summed E-state index contributed by atoms with van der Waals surface area (Å²) in [6.45, 7) is 1.98. The first-order chi connectivity index (χ1) is 18.4. The molecule has 0 aliphatic heterocycles. The number of aromatic nitrogens is 2. The van der Waals surface area contributed by atoms with Gasteiger partial charge in [0.25, 0.3) is 0 Å². The van der Waals surface area contributed by atoms with Crippen molar-refractivity contribution in [3.05, 3.63) is 111 Å². The van der Waals surface area contributed by atoms with Gasteiger partial charge in [0.2, 0.25) is 0 Å². The molecule has 0 N–H and O–H groups in total. The minimum atomic E-state index is -0.635. The van der Waals surface area contributed by atoms with Crippen molar-refractivity contribution in [2.45, 2.75) is 55.9 Å². The molecule has 8 heteroatoms. The lowest BCUT2D eigenvalue weighted by Gasteiger charge is -2.25. The number of benzene rings is 3. The van der Waals surface area contributed by atoms with Crippen LogP contribution in [-0.4, -0.2) is 9.55 Å². The van der Waals surface area contributed by atoms with Crippen LogP contribution >= 0.6 is 23.4 Å². The zero-order valence-electron chi connectivity index (χ0n) is 20.8. The second-order valence-electron chi connectivity index (χ2n) is 9.48. The Bertz CT molecular complexity index is 1500. The highest BCUT2D eigenvalue weighted by molar-refractivity contribution is 7.98. The predicted octanol–water partition coefficient (Wildman–Crippen LogP) is 8.47. The molecule has 0 fully saturated rings. The molecule has 1 atom stereocenters. The van der Waals surface area contributed by atoms with E-state index in [4.69, 9.17) is 21.8 Å². The van der Waals surface area contributed by atoms with Crippen molar-refractivity contribution in [1.82, 2.24) is 9.55 Å². The lowest BCUT2D eigenvalue weighted by atomic mass is 9.83. The molecule has 5 rings (SSSR count). The van der Waals surface area contributed by atoms with Crippen molar-refractivity contribution >= 4 is 23.4 Å². The minimum Gasteiger partial charge on any atom is -0.291 e. The van der Waals surface area contributed by atoms with Crippen LogP contribution in [0.4, 0.5) is 13.2 Å². The number of hydrogen-bond donors (Lipinski definition) is 0. The molecule has 1 heterocycles. The van der Waals surface area contributed by atoms with Crippen molar-refractivity contribution < 1.29 is 13.2 Å². The van der Waals surface area contributed by atoms with Crippen molar-refractivity contribution in [3.8, 4) is 11.8 Å². The van der Waals surface area contributed by atoms with Gasteiger partial charge in [-0.05, 0) is 91.8 Å². The van der Waals surface area contributed by atoms with Crippen LogP contribution in [0.15, 0.2) is 59.8 Å². The lowest BCUT2D eigenvalue weighted by molar-refractivity contribution is 0.562. The second kappa shape index (κ2) is 11.3. The number of hydrogen-bond acceptors (Lipinski definition) is 3. The van der Waals surface area contributed by atoms with Crippen LogP contribution in [0.5, 0.6) is 0 Å². The molecule has 4 aromatic rings. The number of halogens is 4. The highest BCUT2D eigenvalue weighted by Gasteiger charge is 2.30. The molecular formula is C30H25ClF3N3S. The van der Waals surface area contributed by atoms with Crippen LogP contribution in [0.25, 0.3) is 5.69 Å². The van der Waals surface area contributed by atoms with Crippen LogP contribution in [0.2, 0.25) is 5.02 Å². The Hall–Kier alpha value is -3.21. The van der Waals surface area contributed by atoms with Gasteiger partial charge in [-0.1, -0.05) is 35.5 Å². The molecule has 0 bridgehead atoms. The van der Waals surface area contributed by atoms with E-state index in [0.717, 1.165) is 47.5 Å². The van der Waals surface area contributed by atoms with E-state index in [0.29, 0.717) is 22.2 Å². The molecule has 38 heavy (non-hydrogen) atoms. The molecular weight excluding hydrogens is 527 g/mol. The van der Waals surface area contributed by atoms with E-state index in [1.807, 2.05) is 29.7 Å². The molecule has 3 nitrogen and oxygen atoms in total. The molecule has 0 amide bonds. The van der Waals surface area contributed by atoms with E-state index >= 15 is 0 Å². The van der Waals surface area contributed by atoms with E-state index in [2.05, 4.69) is 6.07 Å². The lowest BCUT2D eigenvalue weighted by Crippen LogP contribution is -2.15. The van der Waals surface area contributed by atoms with Gasteiger partial charge < -0.3 is 0 Å². The van der Waals surface area contributed by atoms with Crippen LogP contribution in [0.3, 0.4) is 0 Å². The molecule has 3 aromatic carbocycles. The van der Waals surface area contributed by atoms with E-state index in [1.165, 1.54) is 36.0 Å². The van der Waals surface area contributed by atoms with Gasteiger partial charge >= 0.3 is 0 Å². The van der Waals surface area contributed by atoms with E-state index < -0.39 is 11.6 Å². The topological polar surface area (TPSA) is 41.6 Å². The smallest absolute Gasteiger partial charge is 0.173 e. The quantitative estimate of drug-likeness (QED) is 0.216. The molecule has 0 saturated heterocycles. The standard InChI is InChI=1S/C30H25ClF3N3S/c1-18-14-20(7-12-25(18)31)23-5-2-6-28-29(23)37(22-10-8-21(32)9-11-22)30(36-28)38-17-24-26(33)15-19(4-3-13-35)16-27(24)34/h7-12,14-16,23H,2-6,17H2,1H3. The normalized spacial score (nSPS) is 14.8. The number of fused-ring (bicyclic) bond motifs is 1. The molecule has 194 valence electrons. The van der Waals surface area contributed by atoms with Gasteiger partial charge in [0.05, 0.1) is 17.5 Å². The predicted molar refractivity (Wildman–Crippen MR) is 144 cm³/mol. The summed E-state index contributed by atoms with van der Waals surface area (Å²) in [5.41, 5.74) is 5.23. The average Bonchev–Trinajstić information content (AvgIpc) is 3.27. The molecule has 0 spiro atoms. The zero-order chi connectivity index (χ0) is 26.8. The Morgan fingerprint density at radius 3 is 2.50 bits per heavy atom. The first kappa shape index (κ1) is 26.4. The van der Waals surface area contributed by atoms with E-state index in [9.17, 15) is 13.2 Å². The van der Waals surface area contributed by atoms with Crippen molar-refractivity contribution in [3.63, 3.8) is 0 Å². The summed E-state index contributed by atoms with van der Waals surface area (Å²) < 4.78 is 45.6. The molecule has 1 aliphatic carbocycles. The Balaban J connectivity index is 1.55. The fourth-order valence-corrected chi connectivity index (χ4v) is 6.20. The zero-order valence-corrected chi connectivity index (χ0v) is 22.4. The summed E-state index contributed by atoms with van der Waals surface area (Å²) in [6, 6.07) is 16.8. The van der Waals surface area contributed by atoms with Crippen molar-refractivity contribution in [1.29, 1.82) is 5.26 Å². The van der Waals surface area contributed by atoms with E-state index in [1.54, 1.807) is 12.1 Å². The first-order valence-electron chi connectivity index (χ1n) is 12.5. The summed E-state index contributed by atoms with van der Waals surface area (Å²) in [6.07, 6.45) is 3.15. The number of nitrogens with zero attached hydrogens (tertiary/aromatic N) is 3. The third kappa shape index (κ3) is 5.34. The number of nitriles is 1. The molecule has 1 aromatic heterocycles. The van der Waals surface area contributed by atoms with Crippen LogP contribution in [-0.2, 0) is 18.6 Å². The second-order valence-corrected chi connectivity index (χ2v) is 10.8. The van der Waals surface area contributed by atoms with E-state index in [-0.39, 0.29) is 29.5 Å². The number of thioether (sulfide) groups is 1. The summed E-state index contributed by atoms with van der Waals surface area (Å²) in [7, 11) is 0. The van der Waals surface area contributed by atoms with Crippen LogP contribution < -0.4 is 0 Å². The van der Waals surface area contributed by atoms with Crippen molar-refractivity contribution in [2.24, 2.45) is 0 Å². The molecule has 1 aliphatic rings. The average molecular weight is 552 g/mol. The van der Waals surface area contributed by atoms with Crippen LogP contribution in [0, 0.1) is 35.7 Å². The molecule has 0 radical (unpaired) electrons. The Labute approximate surface area is 229 Å². The Kier molecular flexibility index (Phi) is 7.83. The third-order valence-electron chi connectivity index (χ3n) is 6.94. The maximum absolute atomic E-state index is 14.9. The fraction of sp³-hybridized carbons (Fsp3) is 0.267. The summed E-state index contributed by atoms with van der Waals surface area (Å²) >= 11 is 7.55. The Morgan fingerprint density at radius 2 is 1.82 bits per heavy atom. The SMILES string of the molecule is Cc1cc(C2CCCc3nc(SCc4c(F)cc(CCC#N)cc4F)n(-c4ccc(F)cc4)c32)ccc1Cl. The number of rotatable bonds is 7. The summed E-state index contributed by atoms with van der Waals surface area (Å²) in [5, 5.41) is 10.1. The number of aryl methyl sites for hydroxylation is 3. The van der Waals surface area contributed by atoms with Gasteiger partial charge in [0, 0.05) is 34.4 Å². The first-order valence-corrected chi connectivity index (χ1v) is 13.8. The monoisotopic (exact) mass is 551 g/mol. The molecule has 1 unspecified atom stereocenters. The highest BCUT2D eigenvalue weighted by atomic mass is 35.5. The summed E-state index contributed by atoms with van der Waals surface area (Å²) in [5.74, 6) is -1.52. The van der Waals surface area contributed by atoms with Gasteiger partial charge in [-0.3, -0.25) is 4.57 Å². The van der Waals surface area contributed by atoms with Gasteiger partial charge in [-0.25, -0.2) is 18.2 Å². The largest absolute Gasteiger partial charge is 0.291 e. The maximum atomic E-state index is 14.9. The maximum Gasteiger partial charge on any atom is 0.173 e. The van der Waals surface area contributed by atoms with Gasteiger partial charge in [0.1, 0.15) is 17.5 Å². The van der Waals surface area contributed by atoms with Gasteiger partial charge in [-0.15, -0.1) is 0 Å². The van der Waals surface area contributed by atoms with Crippen LogP contribution in [0.1, 0.15) is 58.8 Å². The van der Waals surface area contributed by atoms with Gasteiger partial charge in [0.15, 0.2) is 5.16 Å². The minimum absolute atomic E-state index is 0.0350. The van der Waals surface area contributed by atoms with Crippen molar-refractivity contribution in [2.75, 3.05) is 0 Å².